The Balaban J connectivity index is 1.89. The molecule has 0 radical (unpaired) electrons. The molecule has 3 rings (SSSR count). The van der Waals surface area contributed by atoms with Crippen LogP contribution in [0.25, 0.3) is 0 Å². The Labute approximate surface area is 199 Å². The quantitative estimate of drug-likeness (QED) is 0.310. The first-order valence-corrected chi connectivity index (χ1v) is 14.2. The molecule has 1 aliphatic rings. The van der Waals surface area contributed by atoms with Crippen LogP contribution in [0.1, 0.15) is 34.1 Å². The van der Waals surface area contributed by atoms with Crippen molar-refractivity contribution in [1.29, 1.82) is 0 Å². The monoisotopic (exact) mass is 514 g/mol. The zero-order chi connectivity index (χ0) is 25.2. The van der Waals surface area contributed by atoms with Gasteiger partial charge in [0.15, 0.2) is 0 Å². The van der Waals surface area contributed by atoms with E-state index in [0.29, 0.717) is 0 Å². The third-order valence-electron chi connectivity index (χ3n) is 5.82. The van der Waals surface area contributed by atoms with Crippen molar-refractivity contribution in [3.05, 3.63) is 72.5 Å². The summed E-state index contributed by atoms with van der Waals surface area (Å²) in [5.74, 6) is -0.383. The minimum atomic E-state index is -5.73. The Kier molecular flexibility index (Phi) is 7.66. The maximum atomic E-state index is 12.6. The Bertz CT molecular complexity index is 1060. The van der Waals surface area contributed by atoms with Crippen molar-refractivity contribution in [1.82, 2.24) is 0 Å². The summed E-state index contributed by atoms with van der Waals surface area (Å²) in [5, 5.41) is 1.92. The van der Waals surface area contributed by atoms with Crippen LogP contribution in [0.2, 0.25) is 5.04 Å². The summed E-state index contributed by atoms with van der Waals surface area (Å²) >= 11 is 0. The van der Waals surface area contributed by atoms with E-state index in [-0.39, 0.29) is 17.2 Å². The molecule has 0 fully saturated rings. The van der Waals surface area contributed by atoms with Gasteiger partial charge < -0.3 is 13.3 Å². The summed E-state index contributed by atoms with van der Waals surface area (Å²) in [6.45, 7) is 7.90. The topological polar surface area (TPSA) is 61.8 Å². The first-order chi connectivity index (χ1) is 15.8. The van der Waals surface area contributed by atoms with Gasteiger partial charge in [0, 0.05) is 0 Å². The van der Waals surface area contributed by atoms with E-state index in [1.54, 1.807) is 0 Å². The van der Waals surface area contributed by atoms with Gasteiger partial charge >= 0.3 is 15.6 Å². The summed E-state index contributed by atoms with van der Waals surface area (Å²) in [5.41, 5.74) is -5.50. The zero-order valence-electron chi connectivity index (χ0n) is 19.5. The number of rotatable bonds is 7. The van der Waals surface area contributed by atoms with E-state index in [4.69, 9.17) is 9.16 Å². The first kappa shape index (κ1) is 26.5. The Morgan fingerprint density at radius 3 is 1.85 bits per heavy atom. The van der Waals surface area contributed by atoms with Crippen LogP contribution in [-0.4, -0.2) is 41.1 Å². The Morgan fingerprint density at radius 2 is 1.47 bits per heavy atom. The minimum Gasteiger partial charge on any atom is -0.402 e. The standard InChI is InChI=1S/C24H29F3O5SSi/c1-18(22-16-15-19(17-30-22)31-33(28,29)24(25,26)27)32-34(23(2,3)4,20-11-7-5-8-12-20)21-13-9-6-10-14-21/h5-15,18,22H,16-17H2,1-4H3. The molecule has 1 aliphatic heterocycles. The molecule has 5 nitrogen and oxygen atoms in total. The van der Waals surface area contributed by atoms with Gasteiger partial charge in [0.25, 0.3) is 8.32 Å². The molecule has 2 atom stereocenters. The number of ether oxygens (including phenoxy) is 1. The van der Waals surface area contributed by atoms with Crippen molar-refractivity contribution in [2.45, 2.75) is 56.9 Å². The van der Waals surface area contributed by atoms with Gasteiger partial charge in [-0.3, -0.25) is 0 Å². The van der Waals surface area contributed by atoms with E-state index >= 15 is 0 Å². The normalized spacial score (nSPS) is 18.8. The molecule has 1 heterocycles. The lowest BCUT2D eigenvalue weighted by atomic mass is 10.1. The average Bonchev–Trinajstić information content (AvgIpc) is 2.77. The van der Waals surface area contributed by atoms with Crippen molar-refractivity contribution in [2.75, 3.05) is 6.61 Å². The summed E-state index contributed by atoms with van der Waals surface area (Å²) in [4.78, 5) is 0. The van der Waals surface area contributed by atoms with Gasteiger partial charge in [0.2, 0.25) is 0 Å². The van der Waals surface area contributed by atoms with Crippen molar-refractivity contribution >= 4 is 28.8 Å². The summed E-state index contributed by atoms with van der Waals surface area (Å²) < 4.78 is 77.3. The fourth-order valence-corrected chi connectivity index (χ4v) is 9.40. The zero-order valence-corrected chi connectivity index (χ0v) is 21.3. The predicted molar refractivity (Wildman–Crippen MR) is 127 cm³/mol. The van der Waals surface area contributed by atoms with Gasteiger partial charge in [0.1, 0.15) is 12.4 Å². The highest BCUT2D eigenvalue weighted by Gasteiger charge is 2.52. The van der Waals surface area contributed by atoms with Crippen LogP contribution in [0.5, 0.6) is 0 Å². The van der Waals surface area contributed by atoms with E-state index in [9.17, 15) is 21.6 Å². The van der Waals surface area contributed by atoms with E-state index in [1.807, 2.05) is 43.3 Å². The number of hydrogen-bond donors (Lipinski definition) is 0. The number of halogens is 3. The number of benzene rings is 2. The Morgan fingerprint density at radius 1 is 0.971 bits per heavy atom. The third-order valence-corrected chi connectivity index (χ3v) is 12.0. The van der Waals surface area contributed by atoms with E-state index < -0.39 is 42.8 Å². The molecule has 2 aromatic rings. The smallest absolute Gasteiger partial charge is 0.402 e. The van der Waals surface area contributed by atoms with Crippen LogP contribution >= 0.6 is 0 Å². The van der Waals surface area contributed by atoms with Crippen molar-refractivity contribution in [3.8, 4) is 0 Å². The van der Waals surface area contributed by atoms with Crippen molar-refractivity contribution < 1.29 is 34.9 Å². The van der Waals surface area contributed by atoms with Crippen LogP contribution in [0.15, 0.2) is 72.5 Å². The fourth-order valence-electron chi connectivity index (χ4n) is 4.18. The molecule has 0 saturated carbocycles. The van der Waals surface area contributed by atoms with E-state index in [1.165, 1.54) is 6.08 Å². The van der Waals surface area contributed by atoms with Gasteiger partial charge in [-0.05, 0) is 34.8 Å². The second-order valence-electron chi connectivity index (χ2n) is 9.22. The van der Waals surface area contributed by atoms with Crippen molar-refractivity contribution in [2.24, 2.45) is 0 Å². The Hall–Kier alpha value is -2.14. The molecule has 0 saturated heterocycles. The van der Waals surface area contributed by atoms with Gasteiger partial charge in [-0.1, -0.05) is 81.4 Å². The summed E-state index contributed by atoms with van der Waals surface area (Å²) in [6, 6.07) is 20.1. The second-order valence-corrected chi connectivity index (χ2v) is 15.0. The molecule has 10 heteroatoms. The fraction of sp³-hybridized carbons (Fsp3) is 0.417. The highest BCUT2D eigenvalue weighted by molar-refractivity contribution is 7.87. The molecular formula is C24H29F3O5SSi. The van der Waals surface area contributed by atoms with Gasteiger partial charge in [-0.15, -0.1) is 0 Å². The molecular weight excluding hydrogens is 485 g/mol. The lowest BCUT2D eigenvalue weighted by Gasteiger charge is -2.46. The molecule has 2 unspecified atom stereocenters. The molecule has 0 amide bonds. The minimum absolute atomic E-state index is 0.155. The van der Waals surface area contributed by atoms with Crippen LogP contribution in [-0.2, 0) is 23.5 Å². The highest BCUT2D eigenvalue weighted by Crippen LogP contribution is 2.38. The lowest BCUT2D eigenvalue weighted by Crippen LogP contribution is -2.68. The largest absolute Gasteiger partial charge is 0.534 e. The molecule has 0 bridgehead atoms. The second kappa shape index (κ2) is 9.85. The number of hydrogen-bond acceptors (Lipinski definition) is 5. The van der Waals surface area contributed by atoms with Crippen LogP contribution in [0.4, 0.5) is 13.2 Å². The van der Waals surface area contributed by atoms with E-state index in [0.717, 1.165) is 10.4 Å². The van der Waals surface area contributed by atoms with Crippen molar-refractivity contribution in [3.63, 3.8) is 0 Å². The molecule has 2 aromatic carbocycles. The lowest BCUT2D eigenvalue weighted by molar-refractivity contribution is -0.0564. The molecule has 186 valence electrons. The molecule has 34 heavy (non-hydrogen) atoms. The maximum absolute atomic E-state index is 12.6. The van der Waals surface area contributed by atoms with Crippen LogP contribution < -0.4 is 10.4 Å². The maximum Gasteiger partial charge on any atom is 0.534 e. The van der Waals surface area contributed by atoms with Gasteiger partial charge in [-0.2, -0.15) is 21.6 Å². The molecule has 0 spiro atoms. The predicted octanol–water partition coefficient (Wildman–Crippen LogP) is 4.49. The van der Waals surface area contributed by atoms with Crippen LogP contribution in [0, 0.1) is 0 Å². The first-order valence-electron chi connectivity index (χ1n) is 10.9. The number of alkyl halides is 3. The van der Waals surface area contributed by atoms with Crippen LogP contribution in [0.3, 0.4) is 0 Å². The SMILES string of the molecule is CC(O[Si](c1ccccc1)(c1ccccc1)C(C)(C)C)C1CC=C(OS(=O)(=O)C(F)(F)F)CO1. The third kappa shape index (κ3) is 5.40. The molecule has 0 aliphatic carbocycles. The molecule has 0 aromatic heterocycles. The highest BCUT2D eigenvalue weighted by atomic mass is 32.2. The summed E-state index contributed by atoms with van der Waals surface area (Å²) in [7, 11) is -8.58. The summed E-state index contributed by atoms with van der Waals surface area (Å²) in [6.07, 6.45) is 0.566. The van der Waals surface area contributed by atoms with Gasteiger partial charge in [-0.25, -0.2) is 0 Å². The molecule has 0 N–H and O–H groups in total. The van der Waals surface area contributed by atoms with E-state index in [2.05, 4.69) is 49.2 Å². The average molecular weight is 515 g/mol. The van der Waals surface area contributed by atoms with Gasteiger partial charge in [0.05, 0.1) is 12.2 Å².